The Kier molecular flexibility index (Phi) is 3.11. The van der Waals surface area contributed by atoms with Crippen LogP contribution in [0.15, 0.2) is 12.2 Å². The summed E-state index contributed by atoms with van der Waals surface area (Å²) in [5.74, 6) is -0.247. The van der Waals surface area contributed by atoms with Crippen molar-refractivity contribution >= 4 is 5.97 Å². The van der Waals surface area contributed by atoms with Gasteiger partial charge in [-0.2, -0.15) is 0 Å². The number of hydrogen-bond donors (Lipinski definition) is 0. The van der Waals surface area contributed by atoms with Crippen LogP contribution in [0.3, 0.4) is 0 Å². The molecule has 3 nitrogen and oxygen atoms in total. The van der Waals surface area contributed by atoms with E-state index in [9.17, 15) is 4.79 Å². The summed E-state index contributed by atoms with van der Waals surface area (Å²) in [6.07, 6.45) is 4.90. The van der Waals surface area contributed by atoms with Gasteiger partial charge in [0.1, 0.15) is 6.61 Å². The summed E-state index contributed by atoms with van der Waals surface area (Å²) in [5, 5.41) is 0. The summed E-state index contributed by atoms with van der Waals surface area (Å²) in [4.78, 5) is 10.4. The lowest BCUT2D eigenvalue weighted by atomic mass is 10.2. The van der Waals surface area contributed by atoms with Crippen LogP contribution in [-0.2, 0) is 14.3 Å². The first-order valence-corrected chi connectivity index (χ1v) is 3.69. The highest BCUT2D eigenvalue weighted by Crippen LogP contribution is 2.05. The van der Waals surface area contributed by atoms with Crippen LogP contribution < -0.4 is 0 Å². The topological polar surface area (TPSA) is 35.5 Å². The van der Waals surface area contributed by atoms with E-state index in [1.165, 1.54) is 6.92 Å². The van der Waals surface area contributed by atoms with E-state index in [1.807, 2.05) is 12.2 Å². The van der Waals surface area contributed by atoms with Gasteiger partial charge in [-0.05, 0) is 6.42 Å². The molecule has 62 valence electrons. The Hall–Kier alpha value is -0.830. The molecule has 0 fully saturated rings. The Morgan fingerprint density at radius 3 is 3.09 bits per heavy atom. The molecule has 0 aromatic rings. The Morgan fingerprint density at radius 2 is 2.55 bits per heavy atom. The van der Waals surface area contributed by atoms with Gasteiger partial charge in [0.05, 0.1) is 12.7 Å². The SMILES string of the molecule is CC(=O)OCC1CC=CCO1. The maximum Gasteiger partial charge on any atom is 0.302 e. The summed E-state index contributed by atoms with van der Waals surface area (Å²) in [5.41, 5.74) is 0. The van der Waals surface area contributed by atoms with Crippen molar-refractivity contribution in [2.45, 2.75) is 19.4 Å². The van der Waals surface area contributed by atoms with Crippen LogP contribution in [0.2, 0.25) is 0 Å². The Balaban J connectivity index is 2.16. The van der Waals surface area contributed by atoms with E-state index < -0.39 is 0 Å². The molecular formula is C8H12O3. The third kappa shape index (κ3) is 3.18. The lowest BCUT2D eigenvalue weighted by Gasteiger charge is -2.17. The van der Waals surface area contributed by atoms with Crippen molar-refractivity contribution in [2.24, 2.45) is 0 Å². The first-order chi connectivity index (χ1) is 5.29. The fraction of sp³-hybridized carbons (Fsp3) is 0.625. The molecular weight excluding hydrogens is 144 g/mol. The van der Waals surface area contributed by atoms with Crippen molar-refractivity contribution in [3.63, 3.8) is 0 Å². The van der Waals surface area contributed by atoms with Gasteiger partial charge >= 0.3 is 5.97 Å². The van der Waals surface area contributed by atoms with E-state index in [0.717, 1.165) is 6.42 Å². The average Bonchev–Trinajstić information content (AvgIpc) is 2.03. The second kappa shape index (κ2) is 4.13. The second-order valence-corrected chi connectivity index (χ2v) is 2.47. The van der Waals surface area contributed by atoms with Crippen molar-refractivity contribution in [2.75, 3.05) is 13.2 Å². The molecule has 1 heterocycles. The summed E-state index contributed by atoms with van der Waals surface area (Å²) in [7, 11) is 0. The minimum absolute atomic E-state index is 0.0592. The third-order valence-electron chi connectivity index (χ3n) is 1.47. The molecule has 0 aromatic heterocycles. The largest absolute Gasteiger partial charge is 0.463 e. The van der Waals surface area contributed by atoms with Gasteiger partial charge in [0.2, 0.25) is 0 Å². The molecule has 0 N–H and O–H groups in total. The van der Waals surface area contributed by atoms with Crippen molar-refractivity contribution < 1.29 is 14.3 Å². The van der Waals surface area contributed by atoms with Gasteiger partial charge in [-0.3, -0.25) is 4.79 Å². The van der Waals surface area contributed by atoms with Crippen LogP contribution in [0.25, 0.3) is 0 Å². The maximum absolute atomic E-state index is 10.4. The molecule has 0 amide bonds. The summed E-state index contributed by atoms with van der Waals surface area (Å²) < 4.78 is 10.0. The van der Waals surface area contributed by atoms with E-state index in [0.29, 0.717) is 13.2 Å². The molecule has 0 spiro atoms. The molecule has 0 saturated heterocycles. The molecule has 0 aliphatic carbocycles. The zero-order valence-electron chi connectivity index (χ0n) is 6.58. The normalized spacial score (nSPS) is 23.2. The first kappa shape index (κ1) is 8.27. The highest BCUT2D eigenvalue weighted by Gasteiger charge is 2.10. The molecule has 0 aromatic carbocycles. The Morgan fingerprint density at radius 1 is 1.73 bits per heavy atom. The van der Waals surface area contributed by atoms with Crippen molar-refractivity contribution in [3.05, 3.63) is 12.2 Å². The molecule has 11 heavy (non-hydrogen) atoms. The maximum atomic E-state index is 10.4. The van der Waals surface area contributed by atoms with Gasteiger partial charge in [-0.1, -0.05) is 12.2 Å². The zero-order chi connectivity index (χ0) is 8.10. The van der Waals surface area contributed by atoms with Crippen LogP contribution in [0, 0.1) is 0 Å². The Labute approximate surface area is 66.0 Å². The summed E-state index contributed by atoms with van der Waals surface area (Å²) in [6.45, 7) is 2.41. The van der Waals surface area contributed by atoms with Crippen molar-refractivity contribution in [3.8, 4) is 0 Å². The fourth-order valence-corrected chi connectivity index (χ4v) is 0.902. The highest BCUT2D eigenvalue weighted by atomic mass is 16.6. The number of rotatable bonds is 2. The molecule has 0 saturated carbocycles. The average molecular weight is 156 g/mol. The quantitative estimate of drug-likeness (QED) is 0.440. The van der Waals surface area contributed by atoms with Gasteiger partial charge in [0.25, 0.3) is 0 Å². The molecule has 3 heteroatoms. The van der Waals surface area contributed by atoms with Gasteiger partial charge in [0.15, 0.2) is 0 Å². The Bertz CT molecular complexity index is 163. The highest BCUT2D eigenvalue weighted by molar-refractivity contribution is 5.65. The lowest BCUT2D eigenvalue weighted by Crippen LogP contribution is -2.22. The smallest absolute Gasteiger partial charge is 0.302 e. The van der Waals surface area contributed by atoms with Gasteiger partial charge in [-0.15, -0.1) is 0 Å². The number of carbonyl (C=O) groups excluding carboxylic acids is 1. The third-order valence-corrected chi connectivity index (χ3v) is 1.47. The second-order valence-electron chi connectivity index (χ2n) is 2.47. The predicted octanol–water partition coefficient (Wildman–Crippen LogP) is 0.895. The first-order valence-electron chi connectivity index (χ1n) is 3.69. The summed E-state index contributed by atoms with van der Waals surface area (Å²) in [6, 6.07) is 0. The van der Waals surface area contributed by atoms with Crippen LogP contribution in [-0.4, -0.2) is 25.3 Å². The number of hydrogen-bond acceptors (Lipinski definition) is 3. The van der Waals surface area contributed by atoms with Crippen LogP contribution in [0.4, 0.5) is 0 Å². The fourth-order valence-electron chi connectivity index (χ4n) is 0.902. The van der Waals surface area contributed by atoms with Crippen LogP contribution in [0.5, 0.6) is 0 Å². The van der Waals surface area contributed by atoms with E-state index in [-0.39, 0.29) is 12.1 Å². The molecule has 1 aliphatic rings. The van der Waals surface area contributed by atoms with Crippen LogP contribution >= 0.6 is 0 Å². The molecule has 1 atom stereocenters. The zero-order valence-corrected chi connectivity index (χ0v) is 6.58. The minimum atomic E-state index is -0.247. The van der Waals surface area contributed by atoms with Gasteiger partial charge in [0, 0.05) is 6.92 Å². The van der Waals surface area contributed by atoms with Gasteiger partial charge < -0.3 is 9.47 Å². The number of esters is 1. The van der Waals surface area contributed by atoms with E-state index >= 15 is 0 Å². The number of carbonyl (C=O) groups is 1. The van der Waals surface area contributed by atoms with Crippen molar-refractivity contribution in [1.29, 1.82) is 0 Å². The van der Waals surface area contributed by atoms with E-state index in [1.54, 1.807) is 0 Å². The molecule has 1 rings (SSSR count). The molecule has 0 bridgehead atoms. The summed E-state index contributed by atoms with van der Waals surface area (Å²) >= 11 is 0. The molecule has 1 unspecified atom stereocenters. The molecule has 0 radical (unpaired) electrons. The van der Waals surface area contributed by atoms with Crippen LogP contribution in [0.1, 0.15) is 13.3 Å². The van der Waals surface area contributed by atoms with Gasteiger partial charge in [-0.25, -0.2) is 0 Å². The monoisotopic (exact) mass is 156 g/mol. The van der Waals surface area contributed by atoms with E-state index in [2.05, 4.69) is 0 Å². The predicted molar refractivity (Wildman–Crippen MR) is 40.1 cm³/mol. The minimum Gasteiger partial charge on any atom is -0.463 e. The number of ether oxygens (including phenoxy) is 2. The van der Waals surface area contributed by atoms with E-state index in [4.69, 9.17) is 9.47 Å². The lowest BCUT2D eigenvalue weighted by molar-refractivity contribution is -0.145. The molecule has 1 aliphatic heterocycles. The van der Waals surface area contributed by atoms with Crippen molar-refractivity contribution in [1.82, 2.24) is 0 Å². The standard InChI is InChI=1S/C8H12O3/c1-7(9)11-6-8-4-2-3-5-10-8/h2-3,8H,4-6H2,1H3.